The van der Waals surface area contributed by atoms with E-state index in [0.717, 1.165) is 67.5 Å². The van der Waals surface area contributed by atoms with Crippen molar-refractivity contribution in [1.29, 1.82) is 0 Å². The molecule has 3 atom stereocenters. The van der Waals surface area contributed by atoms with Gasteiger partial charge in [0.15, 0.2) is 0 Å². The largest absolute Gasteiger partial charge is 0.507 e. The normalized spacial score (nSPS) is 20.2. The highest BCUT2D eigenvalue weighted by Gasteiger charge is 2.55. The number of para-hydroxylation sites is 4. The minimum atomic E-state index is -1.67. The van der Waals surface area contributed by atoms with Crippen molar-refractivity contribution in [2.45, 2.75) is 83.6 Å². The van der Waals surface area contributed by atoms with Gasteiger partial charge in [-0.05, 0) is 85.2 Å². The van der Waals surface area contributed by atoms with Gasteiger partial charge in [-0.2, -0.15) is 0 Å². The molecule has 8 heteroatoms. The van der Waals surface area contributed by atoms with Gasteiger partial charge in [0.2, 0.25) is 5.34 Å². The van der Waals surface area contributed by atoms with Crippen LogP contribution in [-0.2, 0) is 21.3 Å². The van der Waals surface area contributed by atoms with Gasteiger partial charge in [0.05, 0.1) is 5.16 Å². The Morgan fingerprint density at radius 3 is 1.67 bits per heavy atom. The van der Waals surface area contributed by atoms with Crippen molar-refractivity contribution in [1.82, 2.24) is 0 Å². The summed E-state index contributed by atoms with van der Waals surface area (Å²) < 4.78 is 35.3. The fourth-order valence-corrected chi connectivity index (χ4v) is 11.0. The van der Waals surface area contributed by atoms with E-state index in [1.54, 1.807) is 6.07 Å². The van der Waals surface area contributed by atoms with Gasteiger partial charge in [-0.15, -0.1) is 0 Å². The first-order valence-corrected chi connectivity index (χ1v) is 21.8. The molecule has 0 spiro atoms. The predicted molar refractivity (Wildman–Crippen MR) is 232 cm³/mol. The Bertz CT molecular complexity index is 2570. The molecule has 290 valence electrons. The summed E-state index contributed by atoms with van der Waals surface area (Å²) in [4.78, 5) is 0. The fraction of sp³-hybridized carbons (Fsp3) is 0.265. The van der Waals surface area contributed by atoms with E-state index >= 15 is 0 Å². The van der Waals surface area contributed by atoms with E-state index in [1.807, 2.05) is 78.9 Å². The zero-order valence-corrected chi connectivity index (χ0v) is 35.7. The molecule has 0 amide bonds. The van der Waals surface area contributed by atoms with Crippen LogP contribution < -0.4 is 22.8 Å². The molecule has 3 unspecified atom stereocenters. The summed E-state index contributed by atoms with van der Waals surface area (Å²) in [6.07, 6.45) is 0. The van der Waals surface area contributed by atoms with Crippen LogP contribution in [0.5, 0.6) is 34.5 Å². The third-order valence-corrected chi connectivity index (χ3v) is 14.9. The van der Waals surface area contributed by atoms with Crippen LogP contribution in [0.3, 0.4) is 0 Å². The Morgan fingerprint density at radius 1 is 0.526 bits per heavy atom. The molecule has 0 saturated carbocycles. The second-order valence-electron chi connectivity index (χ2n) is 17.8. The maximum atomic E-state index is 10.8. The number of ether oxygens (including phenoxy) is 1. The van der Waals surface area contributed by atoms with Gasteiger partial charge in [0, 0.05) is 44.5 Å². The van der Waals surface area contributed by atoms with Crippen molar-refractivity contribution in [3.63, 3.8) is 0 Å². The lowest BCUT2D eigenvalue weighted by atomic mass is 9.79. The molecule has 6 aromatic carbocycles. The first-order valence-electron chi connectivity index (χ1n) is 19.5. The van der Waals surface area contributed by atoms with E-state index < -0.39 is 27.2 Å². The standard InChI is InChI=1S/C49H48O6P2/c1-46(2,3)30-26-36(44-38(28-30)48(7,8)56(54-44)52-42-24-16-12-19-33(42)32-18-10-14-22-40(32)50)37-27-31(47(4,5)6)29-39-45(37)55-57-49(39,9)51-41-23-15-11-20-34(41)35-21-13-17-25-43(35)53-57/h10-29,50H,1-9H3. The molecule has 0 aromatic heterocycles. The third-order valence-electron chi connectivity index (χ3n) is 11.3. The Morgan fingerprint density at radius 2 is 1.04 bits per heavy atom. The van der Waals surface area contributed by atoms with E-state index in [4.69, 9.17) is 22.8 Å². The second-order valence-corrected chi connectivity index (χ2v) is 21.6. The highest BCUT2D eigenvalue weighted by molar-refractivity contribution is 7.50. The van der Waals surface area contributed by atoms with Gasteiger partial charge >= 0.3 is 16.8 Å². The molecule has 1 N–H and O–H groups in total. The van der Waals surface area contributed by atoms with Crippen LogP contribution in [0, 0.1) is 0 Å². The summed E-state index contributed by atoms with van der Waals surface area (Å²) >= 11 is 0. The molecule has 3 heterocycles. The topological polar surface area (TPSA) is 66.4 Å². The average Bonchev–Trinajstić information content (AvgIpc) is 3.58. The van der Waals surface area contributed by atoms with Gasteiger partial charge in [-0.1, -0.05) is 120 Å². The number of rotatable bonds is 4. The van der Waals surface area contributed by atoms with Crippen LogP contribution in [0.1, 0.15) is 84.6 Å². The summed E-state index contributed by atoms with van der Waals surface area (Å²) in [5.41, 5.74) is 9.35. The minimum absolute atomic E-state index is 0.172. The molecular weight excluding hydrogens is 746 g/mol. The molecule has 3 aliphatic rings. The molecule has 9 rings (SSSR count). The molecule has 0 aliphatic carbocycles. The van der Waals surface area contributed by atoms with Crippen molar-refractivity contribution in [3.05, 3.63) is 144 Å². The van der Waals surface area contributed by atoms with Crippen molar-refractivity contribution >= 4 is 16.8 Å². The van der Waals surface area contributed by atoms with Crippen LogP contribution in [0.25, 0.3) is 33.4 Å². The SMILES string of the molecule is CC(C)(C)c1cc(-c2cc(C(C)(C)C)cc3c2OP2Oc4ccccc4-c4ccccc4OC32C)c2c(c1)C(C)(C)P(Oc1ccccc1-c1ccccc1O)O2. The second kappa shape index (κ2) is 13.3. The Kier molecular flexibility index (Phi) is 8.74. The fourth-order valence-electron chi connectivity index (χ4n) is 7.82. The molecule has 0 saturated heterocycles. The molecule has 0 radical (unpaired) electrons. The molecule has 3 aliphatic heterocycles. The van der Waals surface area contributed by atoms with E-state index in [2.05, 4.69) is 98.7 Å². The van der Waals surface area contributed by atoms with Crippen molar-refractivity contribution in [2.24, 2.45) is 0 Å². The Hall–Kier alpha value is -5.02. The summed E-state index contributed by atoms with van der Waals surface area (Å²) in [6.45, 7) is 20.0. The van der Waals surface area contributed by atoms with Gasteiger partial charge < -0.3 is 27.9 Å². The van der Waals surface area contributed by atoms with E-state index in [-0.39, 0.29) is 16.6 Å². The minimum Gasteiger partial charge on any atom is -0.507 e. The predicted octanol–water partition coefficient (Wildman–Crippen LogP) is 14.4. The van der Waals surface area contributed by atoms with Crippen molar-refractivity contribution in [3.8, 4) is 67.9 Å². The third kappa shape index (κ3) is 6.24. The van der Waals surface area contributed by atoms with Crippen LogP contribution in [0.2, 0.25) is 0 Å². The lowest BCUT2D eigenvalue weighted by Gasteiger charge is -2.33. The summed E-state index contributed by atoms with van der Waals surface area (Å²) in [5.74, 6) is 3.94. The van der Waals surface area contributed by atoms with Gasteiger partial charge in [-0.25, -0.2) is 0 Å². The first kappa shape index (κ1) is 37.6. The Labute approximate surface area is 338 Å². The van der Waals surface area contributed by atoms with Gasteiger partial charge in [0.25, 0.3) is 0 Å². The molecule has 6 nitrogen and oxygen atoms in total. The van der Waals surface area contributed by atoms with Crippen molar-refractivity contribution in [2.75, 3.05) is 0 Å². The highest BCUT2D eigenvalue weighted by atomic mass is 31.2. The molecule has 0 bridgehead atoms. The van der Waals surface area contributed by atoms with Crippen LogP contribution in [-0.4, -0.2) is 5.11 Å². The summed E-state index contributed by atoms with van der Waals surface area (Å²) in [5, 5.41) is 9.40. The molecular formula is C49H48O6P2. The first-order chi connectivity index (χ1) is 27.0. The number of benzene rings is 6. The zero-order chi connectivity index (χ0) is 40.1. The molecule has 0 fully saturated rings. The van der Waals surface area contributed by atoms with Crippen LogP contribution in [0.4, 0.5) is 0 Å². The van der Waals surface area contributed by atoms with Crippen molar-refractivity contribution < 1.29 is 27.9 Å². The van der Waals surface area contributed by atoms with E-state index in [9.17, 15) is 5.11 Å². The summed E-state index contributed by atoms with van der Waals surface area (Å²) in [7, 11) is -3.22. The number of hydrogen-bond donors (Lipinski definition) is 1. The van der Waals surface area contributed by atoms with Gasteiger partial charge in [-0.3, -0.25) is 0 Å². The Balaban J connectivity index is 1.23. The lowest BCUT2D eigenvalue weighted by Crippen LogP contribution is -2.28. The number of phenols is 1. The smallest absolute Gasteiger partial charge is 0.343 e. The molecule has 6 aromatic rings. The molecule has 57 heavy (non-hydrogen) atoms. The monoisotopic (exact) mass is 794 g/mol. The average molecular weight is 795 g/mol. The van der Waals surface area contributed by atoms with Crippen LogP contribution >= 0.6 is 16.8 Å². The number of hydrogen-bond acceptors (Lipinski definition) is 6. The zero-order valence-electron chi connectivity index (χ0n) is 33.9. The maximum Gasteiger partial charge on any atom is 0.343 e. The van der Waals surface area contributed by atoms with E-state index in [0.29, 0.717) is 11.3 Å². The number of phenolic OH excluding ortho intramolecular Hbond substituents is 1. The van der Waals surface area contributed by atoms with E-state index in [1.165, 1.54) is 5.56 Å². The summed E-state index contributed by atoms with van der Waals surface area (Å²) in [6, 6.07) is 40.6. The number of fused-ring (bicyclic) bond motifs is 7. The quantitative estimate of drug-likeness (QED) is 0.179. The number of aromatic hydroxyl groups is 1. The maximum absolute atomic E-state index is 10.8. The van der Waals surface area contributed by atoms with Crippen LogP contribution in [0.15, 0.2) is 121 Å². The lowest BCUT2D eigenvalue weighted by molar-refractivity contribution is 0.171. The highest BCUT2D eigenvalue weighted by Crippen LogP contribution is 2.71. The van der Waals surface area contributed by atoms with Gasteiger partial charge in [0.1, 0.15) is 34.5 Å².